The predicted molar refractivity (Wildman–Crippen MR) is 162 cm³/mol. The summed E-state index contributed by atoms with van der Waals surface area (Å²) in [6.07, 6.45) is 1.84. The number of hydrogen-bond acceptors (Lipinski definition) is 5. The van der Waals surface area contributed by atoms with Gasteiger partial charge in [-0.2, -0.15) is 17.0 Å². The van der Waals surface area contributed by atoms with Crippen molar-refractivity contribution in [1.29, 1.82) is 5.26 Å². The molecule has 1 heterocycles. The van der Waals surface area contributed by atoms with Crippen LogP contribution in [0.1, 0.15) is 53.0 Å². The molecule has 198 valence electrons. The van der Waals surface area contributed by atoms with E-state index in [-0.39, 0.29) is 5.78 Å². The number of allylic oxidation sites excluding steroid dienone is 3. The summed E-state index contributed by atoms with van der Waals surface area (Å²) in [5, 5.41) is 11.3. The van der Waals surface area contributed by atoms with E-state index in [1.54, 1.807) is 23.1 Å². The van der Waals surface area contributed by atoms with Crippen LogP contribution in [0.3, 0.4) is 0 Å². The van der Waals surface area contributed by atoms with Gasteiger partial charge in [0.15, 0.2) is 5.78 Å². The Kier molecular flexibility index (Phi) is 8.09. The van der Waals surface area contributed by atoms with Crippen LogP contribution in [0.4, 0.5) is 5.69 Å². The molecule has 0 fully saturated rings. The largest absolute Gasteiger partial charge is 0.384 e. The highest BCUT2D eigenvalue weighted by molar-refractivity contribution is 7.97. The van der Waals surface area contributed by atoms with Crippen LogP contribution < -0.4 is 10.6 Å². The van der Waals surface area contributed by atoms with Crippen molar-refractivity contribution in [2.24, 2.45) is 5.73 Å². The smallest absolute Gasteiger partial charge is 0.161 e. The summed E-state index contributed by atoms with van der Waals surface area (Å²) in [6.45, 7) is 4.16. The Morgan fingerprint density at radius 3 is 2.41 bits per heavy atom. The van der Waals surface area contributed by atoms with Gasteiger partial charge in [0.25, 0.3) is 0 Å². The highest BCUT2D eigenvalue weighted by atomic mass is 35.5. The van der Waals surface area contributed by atoms with Gasteiger partial charge < -0.3 is 5.73 Å². The number of carbonyl (C=O) groups is 1. The molecule has 7 heteroatoms. The van der Waals surface area contributed by atoms with Crippen molar-refractivity contribution in [3.63, 3.8) is 0 Å². The van der Waals surface area contributed by atoms with Crippen LogP contribution in [-0.4, -0.2) is 5.78 Å². The van der Waals surface area contributed by atoms with Gasteiger partial charge in [-0.25, -0.2) is 0 Å². The van der Waals surface area contributed by atoms with E-state index >= 15 is 0 Å². The van der Waals surface area contributed by atoms with E-state index in [0.717, 1.165) is 34.8 Å². The zero-order chi connectivity index (χ0) is 27.7. The van der Waals surface area contributed by atoms with Crippen LogP contribution >= 0.6 is 35.0 Å². The summed E-state index contributed by atoms with van der Waals surface area (Å²) < 4.78 is 0. The number of hydrogen-bond donors (Lipinski definition) is 1. The van der Waals surface area contributed by atoms with Gasteiger partial charge in [0.1, 0.15) is 5.82 Å². The molecule has 2 N–H and O–H groups in total. The van der Waals surface area contributed by atoms with Crippen LogP contribution in [0.5, 0.6) is 0 Å². The minimum Gasteiger partial charge on any atom is -0.384 e. The highest BCUT2D eigenvalue weighted by Crippen LogP contribution is 2.48. The van der Waals surface area contributed by atoms with E-state index in [4.69, 9.17) is 28.9 Å². The second-order valence-corrected chi connectivity index (χ2v) is 11.9. The lowest BCUT2D eigenvalue weighted by molar-refractivity contribution is -0.116. The Balaban J connectivity index is 1.60. The number of nitriles is 1. The van der Waals surface area contributed by atoms with Crippen molar-refractivity contribution >= 4 is 46.4 Å². The van der Waals surface area contributed by atoms with E-state index in [2.05, 4.69) is 49.4 Å². The first-order valence-corrected chi connectivity index (χ1v) is 14.8. The Morgan fingerprint density at radius 1 is 1.00 bits per heavy atom. The van der Waals surface area contributed by atoms with Gasteiger partial charge in [0.2, 0.25) is 0 Å². The van der Waals surface area contributed by atoms with Crippen LogP contribution in [-0.2, 0) is 16.3 Å². The summed E-state index contributed by atoms with van der Waals surface area (Å²) in [7, 11) is 0. The fraction of sp³-hybridized carbons (Fsp3) is 0.250. The predicted octanol–water partition coefficient (Wildman–Crippen LogP) is 8.35. The average molecular weight is 575 g/mol. The van der Waals surface area contributed by atoms with Gasteiger partial charge in [0, 0.05) is 39.2 Å². The van der Waals surface area contributed by atoms with Gasteiger partial charge in [-0.15, -0.1) is 0 Å². The molecule has 1 aliphatic heterocycles. The Hall–Kier alpha value is -3.17. The number of rotatable bonds is 6. The second kappa shape index (κ2) is 11.5. The van der Waals surface area contributed by atoms with Crippen LogP contribution in [0.15, 0.2) is 83.3 Å². The molecule has 4 nitrogen and oxygen atoms in total. The monoisotopic (exact) mass is 573 g/mol. The standard InChI is InChI=1S/C32H29Cl2N3OS/c1-19-11-20(2)26(12-22(19)18-39-17-21-7-4-3-5-8-21)30-27(16-35)32(36)37(25-14-23(33)13-24(34)15-25)28-9-6-10-29(38)31(28)30/h3-5,7-8,11-15,30H,6,9-10,17-18,36H2,1-2H3. The maximum atomic E-state index is 13.6. The zero-order valence-electron chi connectivity index (χ0n) is 21.9. The van der Waals surface area contributed by atoms with Gasteiger partial charge in [0.05, 0.1) is 23.2 Å². The fourth-order valence-corrected chi connectivity index (χ4v) is 7.17. The molecule has 0 radical (unpaired) electrons. The van der Waals surface area contributed by atoms with E-state index in [9.17, 15) is 10.1 Å². The number of anilines is 1. The quantitative estimate of drug-likeness (QED) is 0.320. The third-order valence-electron chi connectivity index (χ3n) is 7.42. The molecule has 0 spiro atoms. The topological polar surface area (TPSA) is 70.1 Å². The molecule has 1 atom stereocenters. The lowest BCUT2D eigenvalue weighted by Gasteiger charge is -2.40. The van der Waals surface area contributed by atoms with Crippen LogP contribution in [0.2, 0.25) is 10.0 Å². The fourth-order valence-electron chi connectivity index (χ4n) is 5.60. The number of carbonyl (C=O) groups excluding carboxylic acids is 1. The third kappa shape index (κ3) is 5.47. The summed E-state index contributed by atoms with van der Waals surface area (Å²) >= 11 is 14.5. The van der Waals surface area contributed by atoms with Crippen molar-refractivity contribution in [2.45, 2.75) is 50.5 Å². The number of ketones is 1. The number of benzene rings is 3. The van der Waals surface area contributed by atoms with Crippen molar-refractivity contribution in [1.82, 2.24) is 0 Å². The van der Waals surface area contributed by atoms with Crippen molar-refractivity contribution in [3.8, 4) is 6.07 Å². The molecule has 1 unspecified atom stereocenters. The van der Waals surface area contributed by atoms with Crippen molar-refractivity contribution in [2.75, 3.05) is 4.90 Å². The first kappa shape index (κ1) is 27.4. The SMILES string of the molecule is Cc1cc(C)c(C2C(C#N)=C(N)N(c3cc(Cl)cc(Cl)c3)C3=C2C(=O)CCC3)cc1CSCc1ccccc1. The van der Waals surface area contributed by atoms with Crippen molar-refractivity contribution < 1.29 is 4.79 Å². The van der Waals surface area contributed by atoms with E-state index in [1.165, 1.54) is 16.7 Å². The molecule has 3 aromatic carbocycles. The average Bonchev–Trinajstić information content (AvgIpc) is 2.89. The number of nitrogens with two attached hydrogens (primary N) is 1. The molecule has 39 heavy (non-hydrogen) atoms. The molecule has 0 amide bonds. The molecule has 0 aromatic heterocycles. The molecule has 0 saturated heterocycles. The van der Waals surface area contributed by atoms with Gasteiger partial charge in [-0.1, -0.05) is 65.7 Å². The third-order valence-corrected chi connectivity index (χ3v) is 8.91. The normalized spacial score (nSPS) is 17.4. The number of Topliss-reactive ketones (excluding diaryl/α,β-unsaturated/α-hetero) is 1. The summed E-state index contributed by atoms with van der Waals surface area (Å²) in [6, 6.07) is 22.3. The van der Waals surface area contributed by atoms with Gasteiger partial charge >= 0.3 is 0 Å². The first-order valence-electron chi connectivity index (χ1n) is 12.9. The molecule has 0 saturated carbocycles. The maximum absolute atomic E-state index is 13.6. The number of nitrogens with zero attached hydrogens (tertiary/aromatic N) is 2. The van der Waals surface area contributed by atoms with Crippen LogP contribution in [0, 0.1) is 25.2 Å². The minimum atomic E-state index is -0.512. The lowest BCUT2D eigenvalue weighted by atomic mass is 9.74. The maximum Gasteiger partial charge on any atom is 0.161 e. The number of thioether (sulfide) groups is 1. The summed E-state index contributed by atoms with van der Waals surface area (Å²) in [5.74, 6) is 1.60. The van der Waals surface area contributed by atoms with Crippen LogP contribution in [0.25, 0.3) is 0 Å². The Morgan fingerprint density at radius 2 is 1.72 bits per heavy atom. The summed E-state index contributed by atoms with van der Waals surface area (Å²) in [5.41, 5.74) is 14.9. The van der Waals surface area contributed by atoms with E-state index < -0.39 is 5.92 Å². The second-order valence-electron chi connectivity index (χ2n) is 10.1. The Bertz CT molecular complexity index is 1540. The molecular formula is C32H29Cl2N3OS. The van der Waals surface area contributed by atoms with Gasteiger partial charge in [-0.05, 0) is 72.7 Å². The number of halogens is 2. The molecule has 0 bridgehead atoms. The van der Waals surface area contributed by atoms with E-state index in [0.29, 0.717) is 45.5 Å². The highest BCUT2D eigenvalue weighted by Gasteiger charge is 2.41. The lowest BCUT2D eigenvalue weighted by Crippen LogP contribution is -2.39. The van der Waals surface area contributed by atoms with Crippen molar-refractivity contribution in [3.05, 3.63) is 121 Å². The zero-order valence-corrected chi connectivity index (χ0v) is 24.3. The number of aryl methyl sites for hydroxylation is 2. The first-order chi connectivity index (χ1) is 18.8. The molecular weight excluding hydrogens is 545 g/mol. The molecule has 5 rings (SSSR count). The van der Waals surface area contributed by atoms with Gasteiger partial charge in [-0.3, -0.25) is 9.69 Å². The Labute approximate surface area is 244 Å². The minimum absolute atomic E-state index is 0.0552. The molecule has 2 aliphatic rings. The molecule has 3 aromatic rings. The summed E-state index contributed by atoms with van der Waals surface area (Å²) in [4.78, 5) is 15.4. The molecule has 1 aliphatic carbocycles. The van der Waals surface area contributed by atoms with E-state index in [1.807, 2.05) is 24.8 Å².